The van der Waals surface area contributed by atoms with Crippen molar-refractivity contribution in [3.63, 3.8) is 0 Å². The minimum Gasteiger partial charge on any atom is -0.457 e. The van der Waals surface area contributed by atoms with Gasteiger partial charge >= 0.3 is 0 Å². The summed E-state index contributed by atoms with van der Waals surface area (Å²) in [6.07, 6.45) is 1.92. The molecule has 328 valence electrons. The Hall–Kier alpha value is -7.31. The third kappa shape index (κ3) is 7.16. The molecule has 4 heterocycles. The van der Waals surface area contributed by atoms with Gasteiger partial charge < -0.3 is 19.0 Å². The Kier molecular flexibility index (Phi) is 9.49. The van der Waals surface area contributed by atoms with Gasteiger partial charge in [0.05, 0.1) is 22.3 Å². The van der Waals surface area contributed by atoms with Crippen molar-refractivity contribution >= 4 is 66.5 Å². The highest BCUT2D eigenvalue weighted by Gasteiger charge is 2.31. The number of ether oxygens (including phenoxy) is 1. The lowest BCUT2D eigenvalue weighted by atomic mass is 9.80. The van der Waals surface area contributed by atoms with Crippen LogP contribution in [-0.4, -0.2) is 16.2 Å². The van der Waals surface area contributed by atoms with Crippen LogP contribution in [0.5, 0.6) is 11.5 Å². The molecule has 1 aliphatic heterocycles. The molecule has 0 saturated carbocycles. The molecule has 1 aliphatic rings. The summed E-state index contributed by atoms with van der Waals surface area (Å²) >= 11 is 0. The van der Waals surface area contributed by atoms with Gasteiger partial charge in [0.25, 0.3) is 0 Å². The third-order valence-corrected chi connectivity index (χ3v) is 13.3. The van der Waals surface area contributed by atoms with Crippen molar-refractivity contribution in [3.8, 4) is 28.4 Å². The zero-order chi connectivity index (χ0) is 45.7. The van der Waals surface area contributed by atoms with E-state index in [2.05, 4.69) is 228 Å². The first-order chi connectivity index (χ1) is 31.6. The second-order valence-corrected chi connectivity index (χ2v) is 21.0. The van der Waals surface area contributed by atoms with Crippen molar-refractivity contribution in [2.75, 3.05) is 16.5 Å². The van der Waals surface area contributed by atoms with Crippen molar-refractivity contribution in [2.24, 2.45) is 0 Å². The molecule has 0 atom stereocenters. The first-order valence-corrected chi connectivity index (χ1v) is 23.1. The SMILES string of the molecule is CC(C)(C)c1cc(N2CN(c3cccc(Oc4ccc5c6oc7ccc8ccccc8c7c6n(-c6cc(C(C)(C)C)ccn6)c5c4)c3)c3ccc(-c4ccccc4)cc32)cc(C(C)(C)C)c1. The van der Waals surface area contributed by atoms with E-state index in [1.165, 1.54) is 44.6 Å². The number of anilines is 4. The largest absolute Gasteiger partial charge is 0.457 e. The van der Waals surface area contributed by atoms with E-state index >= 15 is 0 Å². The molecule has 0 aliphatic carbocycles. The topological polar surface area (TPSA) is 46.7 Å². The van der Waals surface area contributed by atoms with Gasteiger partial charge in [0.1, 0.15) is 35.1 Å². The fraction of sp³-hybridized carbons (Fsp3) is 0.217. The van der Waals surface area contributed by atoms with Crippen molar-refractivity contribution in [1.82, 2.24) is 9.55 Å². The molecule has 0 saturated heterocycles. The predicted octanol–water partition coefficient (Wildman–Crippen LogP) is 16.7. The van der Waals surface area contributed by atoms with E-state index in [0.29, 0.717) is 6.67 Å². The first kappa shape index (κ1) is 41.4. The van der Waals surface area contributed by atoms with Gasteiger partial charge in [-0.15, -0.1) is 0 Å². The Morgan fingerprint density at radius 3 is 1.98 bits per heavy atom. The van der Waals surface area contributed by atoms with Crippen molar-refractivity contribution in [3.05, 3.63) is 181 Å². The van der Waals surface area contributed by atoms with E-state index in [-0.39, 0.29) is 16.2 Å². The Morgan fingerprint density at radius 2 is 1.23 bits per heavy atom. The molecule has 0 fully saturated rings. The predicted molar refractivity (Wildman–Crippen MR) is 276 cm³/mol. The van der Waals surface area contributed by atoms with Crippen LogP contribution in [0, 0.1) is 0 Å². The Balaban J connectivity index is 1.02. The van der Waals surface area contributed by atoms with E-state index in [0.717, 1.165) is 67.0 Å². The molecular formula is C60H56N4O2. The standard InChI is InChI=1S/C60H56N4O2/c1-58(2,3)41-28-29-61-54(34-41)64-51-36-47(24-25-49(51)57-56(64)55-48-21-14-13-18-39(48)23-27-53(55)66-57)65-46-20-15-19-44(35-46)62-37-63(45-32-42(59(4,5)6)31-43(33-45)60(7,8)9)52-30-40(22-26-50(52)62)38-16-11-10-12-17-38/h10-36H,37H2,1-9H3. The van der Waals surface area contributed by atoms with Crippen LogP contribution in [0.25, 0.3) is 60.7 Å². The molecule has 10 aromatic rings. The van der Waals surface area contributed by atoms with Gasteiger partial charge in [0.2, 0.25) is 0 Å². The molecule has 0 N–H and O–H groups in total. The van der Waals surface area contributed by atoms with Crippen LogP contribution in [0.15, 0.2) is 168 Å². The van der Waals surface area contributed by atoms with Crippen molar-refractivity contribution in [2.45, 2.75) is 78.6 Å². The van der Waals surface area contributed by atoms with Crippen LogP contribution in [0.2, 0.25) is 0 Å². The second-order valence-electron chi connectivity index (χ2n) is 21.0. The molecule has 6 nitrogen and oxygen atoms in total. The third-order valence-electron chi connectivity index (χ3n) is 13.3. The zero-order valence-corrected chi connectivity index (χ0v) is 39.4. The molecule has 6 heteroatoms. The Bertz CT molecular complexity index is 3470. The lowest BCUT2D eigenvalue weighted by molar-refractivity contribution is 0.483. The molecule has 0 radical (unpaired) electrons. The number of benzene rings is 7. The summed E-state index contributed by atoms with van der Waals surface area (Å²) in [7, 11) is 0. The minimum atomic E-state index is -0.0624. The highest BCUT2D eigenvalue weighted by Crippen LogP contribution is 2.49. The highest BCUT2D eigenvalue weighted by atomic mass is 16.5. The Labute approximate surface area is 387 Å². The fourth-order valence-corrected chi connectivity index (χ4v) is 9.56. The molecule has 3 aromatic heterocycles. The number of rotatable bonds is 6. The molecule has 11 rings (SSSR count). The van der Waals surface area contributed by atoms with Crippen LogP contribution in [-0.2, 0) is 16.2 Å². The number of furan rings is 1. The van der Waals surface area contributed by atoms with Gasteiger partial charge in [-0.25, -0.2) is 4.98 Å². The molecule has 0 spiro atoms. The number of nitrogens with zero attached hydrogens (tertiary/aromatic N) is 4. The van der Waals surface area contributed by atoms with Gasteiger partial charge in [0.15, 0.2) is 5.58 Å². The minimum absolute atomic E-state index is 0.0145. The number of hydrogen-bond donors (Lipinski definition) is 0. The molecule has 0 amide bonds. The molecular weight excluding hydrogens is 809 g/mol. The zero-order valence-electron chi connectivity index (χ0n) is 39.4. The highest BCUT2D eigenvalue weighted by molar-refractivity contribution is 6.24. The average Bonchev–Trinajstić information content (AvgIpc) is 3.97. The summed E-state index contributed by atoms with van der Waals surface area (Å²) in [6, 6.07) is 56.6. The molecule has 0 unspecified atom stereocenters. The van der Waals surface area contributed by atoms with Crippen LogP contribution in [0.3, 0.4) is 0 Å². The van der Waals surface area contributed by atoms with Crippen LogP contribution in [0.4, 0.5) is 22.7 Å². The molecule has 66 heavy (non-hydrogen) atoms. The van der Waals surface area contributed by atoms with Gasteiger partial charge in [-0.2, -0.15) is 0 Å². The summed E-state index contributed by atoms with van der Waals surface area (Å²) in [5, 5.41) is 4.39. The van der Waals surface area contributed by atoms with Gasteiger partial charge in [-0.3, -0.25) is 4.57 Å². The van der Waals surface area contributed by atoms with Crippen LogP contribution < -0.4 is 14.5 Å². The van der Waals surface area contributed by atoms with E-state index < -0.39 is 0 Å². The molecule has 7 aromatic carbocycles. The smallest absolute Gasteiger partial charge is 0.161 e. The lowest BCUT2D eigenvalue weighted by Gasteiger charge is -2.29. The quantitative estimate of drug-likeness (QED) is 0.167. The number of fused-ring (bicyclic) bond motifs is 8. The summed E-state index contributed by atoms with van der Waals surface area (Å²) in [4.78, 5) is 9.89. The van der Waals surface area contributed by atoms with E-state index in [1.54, 1.807) is 0 Å². The summed E-state index contributed by atoms with van der Waals surface area (Å²) in [6.45, 7) is 21.2. The van der Waals surface area contributed by atoms with E-state index in [4.69, 9.17) is 14.1 Å². The number of hydrogen-bond acceptors (Lipinski definition) is 5. The monoisotopic (exact) mass is 864 g/mol. The average molecular weight is 865 g/mol. The number of pyridine rings is 1. The second kappa shape index (κ2) is 15.1. The summed E-state index contributed by atoms with van der Waals surface area (Å²) in [5.41, 5.74) is 14.4. The van der Waals surface area contributed by atoms with Crippen molar-refractivity contribution < 1.29 is 9.15 Å². The Morgan fingerprint density at radius 1 is 0.515 bits per heavy atom. The summed E-state index contributed by atoms with van der Waals surface area (Å²) < 4.78 is 15.9. The maximum atomic E-state index is 6.86. The summed E-state index contributed by atoms with van der Waals surface area (Å²) in [5.74, 6) is 2.32. The van der Waals surface area contributed by atoms with E-state index in [9.17, 15) is 0 Å². The maximum absolute atomic E-state index is 6.86. The normalized spacial score (nSPS) is 13.4. The van der Waals surface area contributed by atoms with Gasteiger partial charge in [-0.1, -0.05) is 141 Å². The van der Waals surface area contributed by atoms with Crippen molar-refractivity contribution in [1.29, 1.82) is 0 Å². The molecule has 0 bridgehead atoms. The fourth-order valence-electron chi connectivity index (χ4n) is 9.56. The maximum Gasteiger partial charge on any atom is 0.161 e. The number of aromatic nitrogens is 2. The first-order valence-electron chi connectivity index (χ1n) is 23.1. The van der Waals surface area contributed by atoms with Gasteiger partial charge in [0, 0.05) is 35.1 Å². The van der Waals surface area contributed by atoms with Crippen LogP contribution in [0.1, 0.15) is 79.0 Å². The van der Waals surface area contributed by atoms with E-state index in [1.807, 2.05) is 12.3 Å². The van der Waals surface area contributed by atoms with Crippen LogP contribution >= 0.6 is 0 Å². The van der Waals surface area contributed by atoms with Gasteiger partial charge in [-0.05, 0) is 122 Å². The lowest BCUT2D eigenvalue weighted by Crippen LogP contribution is -2.25.